The van der Waals surface area contributed by atoms with Crippen LogP contribution in [0.3, 0.4) is 0 Å². The van der Waals surface area contributed by atoms with Gasteiger partial charge in [-0.15, -0.1) is 20.5 Å². The molecule has 1 aliphatic rings. The number of rotatable bonds is 21. The standard InChI is InChI=1S/C20H18N4O8.C20H20N4O6.C10H10N2O4.C10H11NO4.C6H6N2O2.C4H6Br2O.C4H6O2/c1-11(25)17(18(26)21-13-5-7-14(8-6-13)24(29)30)23-22-16-10-12(19(27)31-2)4-9-15(16)20(28)32-3;1-11(25)17(18(26)22-14-7-5-13(21)6-8-14)24-23-16-10-12(19(27)29-2)4-9-15(16)20(28)30-3;1-7(13)6-10(14)11-8-2-4-9(5-3-8)12(15)16;1-14-9(12)6-3-4-7(8(11)5-6)10(13)15-2;7-5-1-3-6(4-2-5)8(9)10;1-4(2,6)3(5)7;1-3-2-4(5)6-3/h4-10,25H,1-3H3,(H,21,26);4-10,25H,21H2,1-3H3,(H,22,26);2-5H,6H2,1H3,(H,11,14);3-5H,11H2,1-2H3;1-4H,7H2;1-2H3;3H,2H2,1H3. The van der Waals surface area contributed by atoms with Crippen molar-refractivity contribution in [3.63, 3.8) is 0 Å². The van der Waals surface area contributed by atoms with E-state index in [0.717, 1.165) is 7.11 Å². The second-order valence-electron chi connectivity index (χ2n) is 23.1. The quantitative estimate of drug-likeness (QED) is 0.00283. The number of nitro benzene ring substituents is 3. The normalized spacial score (nSPS) is 11.8. The van der Waals surface area contributed by atoms with Gasteiger partial charge >= 0.3 is 41.8 Å². The number of nitrogens with zero attached hydrogens (tertiary/aromatic N) is 7. The summed E-state index contributed by atoms with van der Waals surface area (Å²) in [4.78, 5) is 166. The minimum absolute atomic E-state index is 0.00258. The van der Waals surface area contributed by atoms with Gasteiger partial charge in [-0.2, -0.15) is 0 Å². The monoisotopic (exact) mass is 1740 g/mol. The minimum Gasteiger partial charge on any atom is -0.510 e. The topological polar surface area (TPSA) is 603 Å². The number of non-ortho nitro benzene ring substituents is 3. The molecule has 7 aromatic carbocycles. The summed E-state index contributed by atoms with van der Waals surface area (Å²) in [6.45, 7) is 9.20. The fraction of sp³-hybridized carbons (Fsp3) is 0.216. The molecule has 116 heavy (non-hydrogen) atoms. The average Bonchev–Trinajstić information content (AvgIpc) is 0.837. The van der Waals surface area contributed by atoms with Crippen LogP contribution in [0.5, 0.6) is 0 Å². The first-order valence-electron chi connectivity index (χ1n) is 32.6. The molecule has 40 nitrogen and oxygen atoms in total. The maximum Gasteiger partial charge on any atom is 0.340 e. The Hall–Kier alpha value is -14.6. The van der Waals surface area contributed by atoms with Crippen molar-refractivity contribution in [2.45, 2.75) is 64.8 Å². The molecule has 0 radical (unpaired) electrons. The fourth-order valence-corrected chi connectivity index (χ4v) is 7.92. The Morgan fingerprint density at radius 2 is 0.776 bits per heavy atom. The molecule has 1 fully saturated rings. The number of aliphatic hydroxyl groups excluding tert-OH is 2. The van der Waals surface area contributed by atoms with Crippen LogP contribution in [-0.2, 0) is 61.9 Å². The van der Waals surface area contributed by atoms with Gasteiger partial charge in [0, 0.05) is 70.5 Å². The maximum atomic E-state index is 12.5. The maximum absolute atomic E-state index is 12.5. The second-order valence-corrected chi connectivity index (χ2v) is 25.9. The highest BCUT2D eigenvalue weighted by molar-refractivity contribution is 9.20. The molecule has 8 rings (SSSR count). The summed E-state index contributed by atoms with van der Waals surface area (Å²) in [5.74, 6) is -7.12. The third-order valence-electron chi connectivity index (χ3n) is 13.8. The van der Waals surface area contributed by atoms with Gasteiger partial charge in [-0.3, -0.25) is 59.1 Å². The largest absolute Gasteiger partial charge is 0.510 e. The molecule has 614 valence electrons. The highest BCUT2D eigenvalue weighted by atomic mass is 79.9. The van der Waals surface area contributed by atoms with Crippen LogP contribution in [0.2, 0.25) is 0 Å². The fourth-order valence-electron chi connectivity index (χ4n) is 7.92. The van der Waals surface area contributed by atoms with Crippen molar-refractivity contribution >= 4 is 164 Å². The molecular formula is C74H77Br2N13O27. The van der Waals surface area contributed by atoms with Crippen LogP contribution in [0.4, 0.5) is 62.6 Å². The predicted octanol–water partition coefficient (Wildman–Crippen LogP) is 13.0. The van der Waals surface area contributed by atoms with E-state index in [1.807, 2.05) is 6.92 Å². The number of ether oxygens (including phenoxy) is 7. The number of Topliss-reactive ketones (excluding diaryl/α,β-unsaturated/α-hetero) is 1. The SMILES string of the molecule is CC(=O)CC(=O)Nc1ccc([N+](=O)[O-])cc1.CC(C)(Br)C(=O)Br.CC1CC(=O)O1.COC(=O)c1ccc(C(=O)OC)c(N)c1.COC(=O)c1ccc(C(=O)OC)c(N=NC(C(=O)Nc2ccc(N)cc2)=C(C)O)c1.COC(=O)c1ccc(C(=O)OC)c(N=NC(C(=O)Nc2ccc([N+](=O)[O-])cc2)=C(C)O)c1.Nc1ccc([N+](=O)[O-])cc1. The van der Waals surface area contributed by atoms with Crippen molar-refractivity contribution in [1.82, 2.24) is 0 Å². The highest BCUT2D eigenvalue weighted by Crippen LogP contribution is 2.28. The minimum atomic E-state index is -0.869. The molecule has 1 saturated heterocycles. The molecule has 0 aliphatic carbocycles. The Kier molecular flexibility index (Phi) is 40.6. The number of anilines is 6. The lowest BCUT2D eigenvalue weighted by Gasteiger charge is -2.20. The zero-order valence-electron chi connectivity index (χ0n) is 63.6. The number of ketones is 1. The van der Waals surface area contributed by atoms with Gasteiger partial charge in [-0.1, -0.05) is 15.9 Å². The van der Waals surface area contributed by atoms with E-state index < -0.39 is 95.5 Å². The average molecular weight is 1740 g/mol. The molecule has 1 unspecified atom stereocenters. The lowest BCUT2D eigenvalue weighted by molar-refractivity contribution is -0.385. The summed E-state index contributed by atoms with van der Waals surface area (Å²) in [5.41, 5.74) is 18.2. The molecular weight excluding hydrogens is 1660 g/mol. The molecule has 1 heterocycles. The summed E-state index contributed by atoms with van der Waals surface area (Å²) in [6.07, 6.45) is 0.606. The van der Waals surface area contributed by atoms with Gasteiger partial charge in [0.05, 0.1) is 108 Å². The van der Waals surface area contributed by atoms with E-state index in [9.17, 15) is 98.1 Å². The van der Waals surface area contributed by atoms with E-state index in [1.54, 1.807) is 38.1 Å². The third kappa shape index (κ3) is 34.0. The van der Waals surface area contributed by atoms with Crippen LogP contribution in [0.1, 0.15) is 117 Å². The summed E-state index contributed by atoms with van der Waals surface area (Å²) < 4.78 is 31.7. The van der Waals surface area contributed by atoms with Gasteiger partial charge in [-0.25, -0.2) is 28.8 Å². The number of azo groups is 2. The highest BCUT2D eigenvalue weighted by Gasteiger charge is 2.24. The van der Waals surface area contributed by atoms with Crippen LogP contribution in [0, 0.1) is 30.3 Å². The van der Waals surface area contributed by atoms with Crippen molar-refractivity contribution in [1.29, 1.82) is 0 Å². The van der Waals surface area contributed by atoms with E-state index in [2.05, 4.69) is 101 Å². The van der Waals surface area contributed by atoms with Crippen LogP contribution < -0.4 is 33.2 Å². The molecule has 1 atom stereocenters. The number of nitrogens with two attached hydrogens (primary N) is 3. The van der Waals surface area contributed by atoms with Crippen molar-refractivity contribution < 1.29 is 116 Å². The molecule has 0 spiro atoms. The molecule has 0 saturated carbocycles. The van der Waals surface area contributed by atoms with Crippen LogP contribution in [-0.4, -0.2) is 148 Å². The number of halogens is 2. The first kappa shape index (κ1) is 97.5. The number of esters is 7. The molecule has 0 aromatic heterocycles. The van der Waals surface area contributed by atoms with E-state index in [4.69, 9.17) is 17.2 Å². The van der Waals surface area contributed by atoms with Crippen molar-refractivity contribution in [2.75, 3.05) is 75.8 Å². The summed E-state index contributed by atoms with van der Waals surface area (Å²) in [7, 11) is 7.24. The number of carbonyl (C=O) groups excluding carboxylic acids is 12. The number of benzene rings is 7. The second kappa shape index (κ2) is 48.3. The van der Waals surface area contributed by atoms with Gasteiger partial charge in [0.1, 0.15) is 34.8 Å². The molecule has 1 aliphatic heterocycles. The van der Waals surface area contributed by atoms with Crippen LogP contribution >= 0.6 is 31.9 Å². The van der Waals surface area contributed by atoms with E-state index in [1.165, 1.54) is 184 Å². The van der Waals surface area contributed by atoms with E-state index >= 15 is 0 Å². The number of cyclic esters (lactones) is 1. The zero-order chi connectivity index (χ0) is 87.9. The van der Waals surface area contributed by atoms with Crippen LogP contribution in [0.25, 0.3) is 0 Å². The number of alkyl halides is 1. The molecule has 7 aromatic rings. The Bertz CT molecular complexity index is 4880. The lowest BCUT2D eigenvalue weighted by atomic mass is 10.1. The molecule has 42 heteroatoms. The molecule has 11 N–H and O–H groups in total. The number of amides is 3. The summed E-state index contributed by atoms with van der Waals surface area (Å²) in [6, 6.07) is 34.4. The van der Waals surface area contributed by atoms with Crippen molar-refractivity contribution in [3.05, 3.63) is 238 Å². The predicted molar refractivity (Wildman–Crippen MR) is 424 cm³/mol. The van der Waals surface area contributed by atoms with Crippen LogP contribution in [0.15, 0.2) is 195 Å². The number of hydrogen-bond acceptors (Lipinski definition) is 34. The van der Waals surface area contributed by atoms with Gasteiger partial charge < -0.3 is 76.5 Å². The van der Waals surface area contributed by atoms with Gasteiger partial charge in [0.25, 0.3) is 28.9 Å². The first-order chi connectivity index (χ1) is 54.4. The van der Waals surface area contributed by atoms with Crippen molar-refractivity contribution in [3.8, 4) is 0 Å². The number of allylic oxidation sites excluding steroid dienone is 2. The Morgan fingerprint density at radius 3 is 1.04 bits per heavy atom. The number of nitrogens with one attached hydrogen (secondary N) is 3. The number of nitro groups is 3. The van der Waals surface area contributed by atoms with E-state index in [0.29, 0.717) is 34.7 Å². The number of aliphatic hydroxyl groups is 2. The molecule has 3 amide bonds. The first-order valence-corrected chi connectivity index (χ1v) is 34.2. The third-order valence-corrected chi connectivity index (χ3v) is 15.7. The van der Waals surface area contributed by atoms with Gasteiger partial charge in [0.15, 0.2) is 11.4 Å². The number of nitrogen functional groups attached to an aromatic ring is 3. The van der Waals surface area contributed by atoms with Crippen molar-refractivity contribution in [2.24, 2.45) is 20.5 Å². The Labute approximate surface area is 676 Å². The number of methoxy groups -OCH3 is 6. The zero-order valence-corrected chi connectivity index (χ0v) is 66.8. The molecule has 0 bridgehead atoms. The van der Waals surface area contributed by atoms with E-state index in [-0.39, 0.29) is 96.6 Å². The Morgan fingerprint density at radius 1 is 0.491 bits per heavy atom. The summed E-state index contributed by atoms with van der Waals surface area (Å²) >= 11 is 5.96. The van der Waals surface area contributed by atoms with Gasteiger partial charge in [-0.05, 0) is 173 Å². The van der Waals surface area contributed by atoms with Gasteiger partial charge in [0.2, 0.25) is 10.6 Å². The smallest absolute Gasteiger partial charge is 0.340 e. The number of hydrogen-bond donors (Lipinski definition) is 8. The number of carbonyl (C=O) groups is 12. The Balaban J connectivity index is 0.000000494. The summed E-state index contributed by atoms with van der Waals surface area (Å²) in [5, 5.41) is 73.5. The lowest BCUT2D eigenvalue weighted by Crippen LogP contribution is -2.29.